The van der Waals surface area contributed by atoms with Gasteiger partial charge < -0.3 is 15.8 Å². The van der Waals surface area contributed by atoms with Crippen LogP contribution in [-0.4, -0.2) is 29.6 Å². The summed E-state index contributed by atoms with van der Waals surface area (Å²) in [6, 6.07) is 6.63. The number of carbonyl (C=O) groups excluding carboxylic acids is 2. The van der Waals surface area contributed by atoms with Gasteiger partial charge in [0, 0.05) is 17.3 Å². The number of nitriles is 1. The Morgan fingerprint density at radius 1 is 1.44 bits per heavy atom. The van der Waals surface area contributed by atoms with Crippen LogP contribution in [0.4, 0.5) is 22.0 Å². The molecule has 1 aliphatic heterocycles. The van der Waals surface area contributed by atoms with Crippen molar-refractivity contribution in [2.75, 3.05) is 22.6 Å². The number of nitrogens with zero attached hydrogens (tertiary/aromatic N) is 3. The fourth-order valence-corrected chi connectivity index (χ4v) is 3.15. The van der Waals surface area contributed by atoms with E-state index < -0.39 is 12.1 Å². The largest absolute Gasteiger partial charge is 0.446 e. The van der Waals surface area contributed by atoms with Crippen LogP contribution in [-0.2, 0) is 9.53 Å². The Morgan fingerprint density at radius 2 is 2.26 bits per heavy atom. The lowest BCUT2D eigenvalue weighted by Gasteiger charge is -2.19. The van der Waals surface area contributed by atoms with E-state index in [2.05, 4.69) is 22.3 Å². The molecule has 134 valence electrons. The second kappa shape index (κ2) is 6.19. The van der Waals surface area contributed by atoms with Crippen LogP contribution in [0.15, 0.2) is 24.4 Å². The number of benzene rings is 1. The van der Waals surface area contributed by atoms with Gasteiger partial charge in [0.25, 0.3) is 0 Å². The van der Waals surface area contributed by atoms with Crippen LogP contribution in [0.2, 0.25) is 0 Å². The first kappa shape index (κ1) is 16.7. The maximum Gasteiger partial charge on any atom is 0.415 e. The third-order valence-corrected chi connectivity index (χ3v) is 4.74. The number of rotatable bonds is 3. The molecule has 3 atom stereocenters. The quantitative estimate of drug-likeness (QED) is 0.636. The Kier molecular flexibility index (Phi) is 3.82. The van der Waals surface area contributed by atoms with Gasteiger partial charge in [0.05, 0.1) is 23.6 Å². The number of nitrogen functional groups attached to an aromatic ring is 1. The number of hydrogen-bond acceptors (Lipinski definition) is 6. The second-order valence-electron chi connectivity index (χ2n) is 6.52. The highest BCUT2D eigenvalue weighted by molar-refractivity contribution is 6.02. The van der Waals surface area contributed by atoms with E-state index in [-0.39, 0.29) is 24.3 Å². The van der Waals surface area contributed by atoms with Gasteiger partial charge in [-0.25, -0.2) is 9.78 Å². The number of amides is 2. The number of carbonyl (C=O) groups is 2. The van der Waals surface area contributed by atoms with Crippen LogP contribution in [0.1, 0.15) is 6.42 Å². The third kappa shape index (κ3) is 2.87. The molecule has 2 fully saturated rings. The molecule has 2 aromatic rings. The molecule has 2 heterocycles. The maximum atomic E-state index is 12.1. The number of aromatic nitrogens is 1. The smallest absolute Gasteiger partial charge is 0.415 e. The second-order valence-corrected chi connectivity index (χ2v) is 6.52. The lowest BCUT2D eigenvalue weighted by molar-refractivity contribution is -0.117. The normalized spacial score (nSPS) is 23.4. The molecule has 0 radical (unpaired) electrons. The molecule has 1 saturated carbocycles. The fraction of sp³-hybridized carbons (Fsp3) is 0.263. The SMILES string of the molecule is C#C[C@H]1COC(=O)N1c1cc(N)c2cnc(NC(=O)[C@@H]3C[C@H]3C#N)cc2c1. The summed E-state index contributed by atoms with van der Waals surface area (Å²) < 4.78 is 5.01. The molecule has 8 heteroatoms. The molecular formula is C19H15N5O3. The van der Waals surface area contributed by atoms with Crippen molar-refractivity contribution in [1.82, 2.24) is 4.98 Å². The maximum absolute atomic E-state index is 12.1. The Labute approximate surface area is 154 Å². The lowest BCUT2D eigenvalue weighted by Crippen LogP contribution is -2.32. The van der Waals surface area contributed by atoms with E-state index in [0.29, 0.717) is 34.4 Å². The minimum atomic E-state index is -0.532. The minimum Gasteiger partial charge on any atom is -0.446 e. The Morgan fingerprint density at radius 3 is 2.96 bits per heavy atom. The Bertz CT molecular complexity index is 1050. The molecule has 1 aromatic carbocycles. The summed E-state index contributed by atoms with van der Waals surface area (Å²) in [5.74, 6) is 2.12. The highest BCUT2D eigenvalue weighted by atomic mass is 16.6. The summed E-state index contributed by atoms with van der Waals surface area (Å²) >= 11 is 0. The summed E-state index contributed by atoms with van der Waals surface area (Å²) in [5, 5.41) is 12.9. The van der Waals surface area contributed by atoms with Crippen LogP contribution in [0, 0.1) is 35.5 Å². The number of anilines is 3. The van der Waals surface area contributed by atoms with Crippen molar-refractivity contribution in [3.63, 3.8) is 0 Å². The topological polar surface area (TPSA) is 121 Å². The average Bonchev–Trinajstić information content (AvgIpc) is 3.36. The molecule has 1 saturated heterocycles. The van der Waals surface area contributed by atoms with Gasteiger partial charge in [-0.3, -0.25) is 9.69 Å². The number of cyclic esters (lactones) is 1. The molecule has 0 unspecified atom stereocenters. The zero-order chi connectivity index (χ0) is 19.1. The summed E-state index contributed by atoms with van der Waals surface area (Å²) in [5.41, 5.74) is 7.05. The molecule has 2 amide bonds. The van der Waals surface area contributed by atoms with E-state index in [4.69, 9.17) is 22.2 Å². The van der Waals surface area contributed by atoms with Gasteiger partial charge in [0.1, 0.15) is 18.5 Å². The van der Waals surface area contributed by atoms with Gasteiger partial charge in [-0.15, -0.1) is 6.42 Å². The molecule has 0 spiro atoms. The number of nitrogens with one attached hydrogen (secondary N) is 1. The Hall–Kier alpha value is -3.78. The average molecular weight is 361 g/mol. The molecule has 4 rings (SSSR count). The predicted octanol–water partition coefficient (Wildman–Crippen LogP) is 1.87. The number of hydrogen-bond donors (Lipinski definition) is 2. The van der Waals surface area contributed by atoms with Crippen molar-refractivity contribution in [1.29, 1.82) is 5.26 Å². The van der Waals surface area contributed by atoms with E-state index >= 15 is 0 Å². The van der Waals surface area contributed by atoms with Gasteiger partial charge >= 0.3 is 6.09 Å². The zero-order valence-electron chi connectivity index (χ0n) is 14.2. The highest BCUT2D eigenvalue weighted by Gasteiger charge is 2.43. The molecule has 1 aromatic heterocycles. The monoisotopic (exact) mass is 361 g/mol. The summed E-state index contributed by atoms with van der Waals surface area (Å²) in [6.45, 7) is 0.117. The highest BCUT2D eigenvalue weighted by Crippen LogP contribution is 2.38. The number of terminal acetylenes is 1. The first-order valence-corrected chi connectivity index (χ1v) is 8.33. The molecule has 8 nitrogen and oxygen atoms in total. The van der Waals surface area contributed by atoms with E-state index in [1.807, 2.05) is 0 Å². The molecule has 0 bridgehead atoms. The number of nitrogens with two attached hydrogens (primary N) is 1. The molecular weight excluding hydrogens is 346 g/mol. The molecule has 27 heavy (non-hydrogen) atoms. The van der Waals surface area contributed by atoms with E-state index in [1.54, 1.807) is 24.4 Å². The molecule has 2 aliphatic rings. The van der Waals surface area contributed by atoms with Gasteiger partial charge in [-0.1, -0.05) is 5.92 Å². The molecule has 1 aliphatic carbocycles. The van der Waals surface area contributed by atoms with Crippen molar-refractivity contribution in [2.45, 2.75) is 12.5 Å². The minimum absolute atomic E-state index is 0.117. The van der Waals surface area contributed by atoms with Crippen LogP contribution in [0.3, 0.4) is 0 Å². The summed E-state index contributed by atoms with van der Waals surface area (Å²) in [6.07, 6.45) is 7.07. The molecule has 3 N–H and O–H groups in total. The van der Waals surface area contributed by atoms with Crippen molar-refractivity contribution < 1.29 is 14.3 Å². The van der Waals surface area contributed by atoms with Crippen molar-refractivity contribution >= 4 is 40.0 Å². The van der Waals surface area contributed by atoms with Crippen molar-refractivity contribution in [2.24, 2.45) is 11.8 Å². The van der Waals surface area contributed by atoms with Crippen molar-refractivity contribution in [3.05, 3.63) is 24.4 Å². The predicted molar refractivity (Wildman–Crippen MR) is 98.4 cm³/mol. The summed E-state index contributed by atoms with van der Waals surface area (Å²) in [4.78, 5) is 29.7. The van der Waals surface area contributed by atoms with Crippen LogP contribution >= 0.6 is 0 Å². The van der Waals surface area contributed by atoms with Crippen LogP contribution < -0.4 is 16.0 Å². The third-order valence-electron chi connectivity index (χ3n) is 4.74. The van der Waals surface area contributed by atoms with E-state index in [1.165, 1.54) is 4.90 Å². The Balaban J connectivity index is 1.66. The number of pyridine rings is 1. The summed E-state index contributed by atoms with van der Waals surface area (Å²) in [7, 11) is 0. The van der Waals surface area contributed by atoms with Gasteiger partial charge in [0.2, 0.25) is 5.91 Å². The van der Waals surface area contributed by atoms with Crippen LogP contribution in [0.5, 0.6) is 0 Å². The lowest BCUT2D eigenvalue weighted by atomic mass is 10.1. The standard InChI is InChI=1S/C19H15N5O3/c1-2-12-9-27-19(26)24(12)13-3-10-5-17(22-8-15(10)16(21)6-13)23-18(25)14-4-11(14)7-20/h1,3,5-6,8,11-12,14H,4,9,21H2,(H,22,23,25)/t11-,12-,14+/m0/s1. The van der Waals surface area contributed by atoms with Crippen LogP contribution in [0.25, 0.3) is 10.8 Å². The van der Waals surface area contributed by atoms with Gasteiger partial charge in [-0.05, 0) is 30.0 Å². The van der Waals surface area contributed by atoms with E-state index in [9.17, 15) is 9.59 Å². The first-order chi connectivity index (χ1) is 13.0. The number of ether oxygens (including phenoxy) is 1. The first-order valence-electron chi connectivity index (χ1n) is 8.33. The van der Waals surface area contributed by atoms with Gasteiger partial charge in [0.15, 0.2) is 0 Å². The van der Waals surface area contributed by atoms with Gasteiger partial charge in [-0.2, -0.15) is 5.26 Å². The fourth-order valence-electron chi connectivity index (χ4n) is 3.15. The number of fused-ring (bicyclic) bond motifs is 1. The zero-order valence-corrected chi connectivity index (χ0v) is 14.2. The van der Waals surface area contributed by atoms with E-state index in [0.717, 1.165) is 0 Å². The van der Waals surface area contributed by atoms with Crippen molar-refractivity contribution in [3.8, 4) is 18.4 Å².